The molecule has 3 aliphatic rings. The molecule has 0 aromatic carbocycles. The summed E-state index contributed by atoms with van der Waals surface area (Å²) in [5, 5.41) is 6.74. The van der Waals surface area contributed by atoms with Gasteiger partial charge in [0.1, 0.15) is 0 Å². The van der Waals surface area contributed by atoms with Crippen molar-refractivity contribution in [2.45, 2.75) is 57.4 Å². The number of hydrogen-bond donors (Lipinski definition) is 2. The third-order valence-electron chi connectivity index (χ3n) is 6.71. The Morgan fingerprint density at radius 1 is 1.17 bits per heavy atom. The van der Waals surface area contributed by atoms with E-state index in [1.54, 1.807) is 0 Å². The molecule has 6 heteroatoms. The van der Waals surface area contributed by atoms with Crippen LogP contribution in [0.1, 0.15) is 51.9 Å². The zero-order valence-electron chi connectivity index (χ0n) is 15.4. The van der Waals surface area contributed by atoms with Gasteiger partial charge in [0.25, 0.3) is 0 Å². The third kappa shape index (κ3) is 4.38. The van der Waals surface area contributed by atoms with Crippen LogP contribution in [0.2, 0.25) is 0 Å². The van der Waals surface area contributed by atoms with Crippen LogP contribution in [0, 0.1) is 17.3 Å². The lowest BCUT2D eigenvalue weighted by Gasteiger charge is -2.45. The molecule has 0 aromatic rings. The molecule has 1 spiro atoms. The maximum Gasteiger partial charge on any atom is 0.223 e. The normalized spacial score (nSPS) is 34.2. The van der Waals surface area contributed by atoms with Crippen LogP contribution in [-0.4, -0.2) is 50.1 Å². The van der Waals surface area contributed by atoms with E-state index in [0.29, 0.717) is 11.3 Å². The van der Waals surface area contributed by atoms with E-state index in [0.717, 1.165) is 32.0 Å². The highest BCUT2D eigenvalue weighted by Crippen LogP contribution is 2.58. The highest BCUT2D eigenvalue weighted by Gasteiger charge is 2.57. The summed E-state index contributed by atoms with van der Waals surface area (Å²) >= 11 is 0. The Balaban J connectivity index is 0.00000144. The fourth-order valence-electron chi connectivity index (χ4n) is 4.93. The van der Waals surface area contributed by atoms with E-state index in [4.69, 9.17) is 0 Å². The SMILES string of the molecule is CC1CCCC(CNC(=O)C2CC23CCNCC3)(N(C)C)C1.Cl.Cl. The quantitative estimate of drug-likeness (QED) is 0.788. The molecular formula is C18H35Cl2N3O. The molecule has 24 heavy (non-hydrogen) atoms. The minimum atomic E-state index is 0. The zero-order valence-corrected chi connectivity index (χ0v) is 17.0. The largest absolute Gasteiger partial charge is 0.354 e. The first kappa shape index (κ1) is 22.0. The summed E-state index contributed by atoms with van der Waals surface area (Å²) in [7, 11) is 4.35. The van der Waals surface area contributed by atoms with Gasteiger partial charge in [-0.3, -0.25) is 4.79 Å². The number of carbonyl (C=O) groups excluding carboxylic acids is 1. The Labute approximate surface area is 159 Å². The highest BCUT2D eigenvalue weighted by molar-refractivity contribution is 5.85. The van der Waals surface area contributed by atoms with Crippen LogP contribution < -0.4 is 10.6 Å². The molecule has 3 rings (SSSR count). The number of carbonyl (C=O) groups is 1. The van der Waals surface area contributed by atoms with Crippen molar-refractivity contribution in [2.24, 2.45) is 17.3 Å². The molecule has 0 aromatic heterocycles. The molecule has 2 saturated carbocycles. The standard InChI is InChI=1S/C18H33N3O.2ClH/c1-14-5-4-6-18(11-14,21(2)3)13-20-16(22)15-12-17(15)7-9-19-10-8-17;;/h14-15,19H,4-13H2,1-3H3,(H,20,22);2*1H. The van der Waals surface area contributed by atoms with E-state index in [1.165, 1.54) is 38.5 Å². The van der Waals surface area contributed by atoms with Crippen molar-refractivity contribution in [3.63, 3.8) is 0 Å². The molecule has 1 aliphatic heterocycles. The van der Waals surface area contributed by atoms with Gasteiger partial charge in [0, 0.05) is 18.0 Å². The molecule has 0 bridgehead atoms. The molecule has 3 unspecified atom stereocenters. The number of piperidine rings is 1. The molecule has 3 atom stereocenters. The summed E-state index contributed by atoms with van der Waals surface area (Å²) < 4.78 is 0. The van der Waals surface area contributed by atoms with E-state index in [-0.39, 0.29) is 36.3 Å². The molecule has 3 fully saturated rings. The van der Waals surface area contributed by atoms with Crippen LogP contribution in [0.4, 0.5) is 0 Å². The number of nitrogens with one attached hydrogen (secondary N) is 2. The molecule has 2 aliphatic carbocycles. The number of halogens is 2. The Morgan fingerprint density at radius 2 is 1.83 bits per heavy atom. The van der Waals surface area contributed by atoms with Crippen LogP contribution >= 0.6 is 24.8 Å². The van der Waals surface area contributed by atoms with E-state index in [2.05, 4.69) is 36.6 Å². The molecule has 0 radical (unpaired) electrons. The number of nitrogens with zero attached hydrogens (tertiary/aromatic N) is 1. The number of likely N-dealkylation sites (N-methyl/N-ethyl adjacent to an activating group) is 1. The van der Waals surface area contributed by atoms with Gasteiger partial charge in [-0.15, -0.1) is 24.8 Å². The summed E-state index contributed by atoms with van der Waals surface area (Å²) in [6, 6.07) is 0. The molecule has 1 heterocycles. The molecule has 142 valence electrons. The lowest BCUT2D eigenvalue weighted by Crippen LogP contribution is -2.55. The van der Waals surface area contributed by atoms with Gasteiger partial charge in [-0.05, 0) is 70.6 Å². The first-order valence-corrected chi connectivity index (χ1v) is 9.13. The van der Waals surface area contributed by atoms with Crippen LogP contribution in [0.5, 0.6) is 0 Å². The van der Waals surface area contributed by atoms with Crippen LogP contribution in [0.15, 0.2) is 0 Å². The topological polar surface area (TPSA) is 44.4 Å². The maximum atomic E-state index is 12.6. The molecule has 2 N–H and O–H groups in total. The second-order valence-electron chi connectivity index (χ2n) is 8.41. The Kier molecular flexibility index (Phi) is 7.86. The number of amides is 1. The highest BCUT2D eigenvalue weighted by atomic mass is 35.5. The van der Waals surface area contributed by atoms with Crippen molar-refractivity contribution >= 4 is 30.7 Å². The van der Waals surface area contributed by atoms with Crippen LogP contribution in [0.3, 0.4) is 0 Å². The van der Waals surface area contributed by atoms with Crippen LogP contribution in [-0.2, 0) is 4.79 Å². The van der Waals surface area contributed by atoms with Gasteiger partial charge in [-0.25, -0.2) is 0 Å². The minimum absolute atomic E-state index is 0. The zero-order chi connectivity index (χ0) is 15.8. The minimum Gasteiger partial charge on any atom is -0.354 e. The lowest BCUT2D eigenvalue weighted by atomic mass is 9.75. The van der Waals surface area contributed by atoms with Crippen molar-refractivity contribution in [1.29, 1.82) is 0 Å². The second-order valence-corrected chi connectivity index (χ2v) is 8.41. The monoisotopic (exact) mass is 379 g/mol. The number of rotatable bonds is 4. The summed E-state index contributed by atoms with van der Waals surface area (Å²) in [4.78, 5) is 15.0. The lowest BCUT2D eigenvalue weighted by molar-refractivity contribution is -0.124. The van der Waals surface area contributed by atoms with Crippen molar-refractivity contribution in [2.75, 3.05) is 33.7 Å². The van der Waals surface area contributed by atoms with E-state index >= 15 is 0 Å². The van der Waals surface area contributed by atoms with Gasteiger partial charge in [0.15, 0.2) is 0 Å². The van der Waals surface area contributed by atoms with E-state index < -0.39 is 0 Å². The Morgan fingerprint density at radius 3 is 2.42 bits per heavy atom. The van der Waals surface area contributed by atoms with Gasteiger partial charge >= 0.3 is 0 Å². The van der Waals surface area contributed by atoms with Crippen LogP contribution in [0.25, 0.3) is 0 Å². The molecule has 1 saturated heterocycles. The first-order chi connectivity index (χ1) is 10.5. The average molecular weight is 380 g/mol. The third-order valence-corrected chi connectivity index (χ3v) is 6.71. The average Bonchev–Trinajstić information content (AvgIpc) is 3.19. The van der Waals surface area contributed by atoms with Crippen molar-refractivity contribution in [3.8, 4) is 0 Å². The maximum absolute atomic E-state index is 12.6. The van der Waals surface area contributed by atoms with Crippen molar-refractivity contribution < 1.29 is 4.79 Å². The van der Waals surface area contributed by atoms with Gasteiger partial charge in [-0.1, -0.05) is 19.8 Å². The fourth-order valence-corrected chi connectivity index (χ4v) is 4.93. The Bertz CT molecular complexity index is 426. The Hall–Kier alpha value is -0.0300. The van der Waals surface area contributed by atoms with Gasteiger partial charge in [-0.2, -0.15) is 0 Å². The van der Waals surface area contributed by atoms with E-state index in [9.17, 15) is 4.79 Å². The predicted molar refractivity (Wildman–Crippen MR) is 104 cm³/mol. The molecule has 4 nitrogen and oxygen atoms in total. The van der Waals surface area contributed by atoms with Gasteiger partial charge < -0.3 is 15.5 Å². The fraction of sp³-hybridized carbons (Fsp3) is 0.944. The summed E-state index contributed by atoms with van der Waals surface area (Å²) in [5.41, 5.74) is 0.518. The molecular weight excluding hydrogens is 345 g/mol. The van der Waals surface area contributed by atoms with E-state index in [1.807, 2.05) is 0 Å². The van der Waals surface area contributed by atoms with Crippen molar-refractivity contribution in [1.82, 2.24) is 15.5 Å². The predicted octanol–water partition coefficient (Wildman–Crippen LogP) is 2.85. The van der Waals surface area contributed by atoms with Gasteiger partial charge in [0.2, 0.25) is 5.91 Å². The summed E-state index contributed by atoms with van der Waals surface area (Å²) in [6.07, 6.45) is 8.52. The first-order valence-electron chi connectivity index (χ1n) is 9.13. The van der Waals surface area contributed by atoms with Gasteiger partial charge in [0.05, 0.1) is 0 Å². The summed E-state index contributed by atoms with van der Waals surface area (Å²) in [6.45, 7) is 5.35. The smallest absolute Gasteiger partial charge is 0.223 e. The van der Waals surface area contributed by atoms with Crippen molar-refractivity contribution in [3.05, 3.63) is 0 Å². The summed E-state index contributed by atoms with van der Waals surface area (Å²) in [5.74, 6) is 1.38. The number of hydrogen-bond acceptors (Lipinski definition) is 3. The molecule has 1 amide bonds. The second kappa shape index (κ2) is 8.57.